The van der Waals surface area contributed by atoms with Crippen LogP contribution in [0.15, 0.2) is 0 Å². The van der Waals surface area contributed by atoms with Crippen LogP contribution in [0.25, 0.3) is 0 Å². The quantitative estimate of drug-likeness (QED) is 0.477. The predicted octanol–water partition coefficient (Wildman–Crippen LogP) is 0.508. The molecule has 1 heterocycles. The Kier molecular flexibility index (Phi) is 2.09. The summed E-state index contributed by atoms with van der Waals surface area (Å²) < 4.78 is 5.04. The Bertz CT molecular complexity index is 92.9. The van der Waals surface area contributed by atoms with Gasteiger partial charge in [-0.2, -0.15) is 0 Å². The normalized spacial score (nSPS) is 45.0. The number of hydrogen-bond acceptors (Lipinski definition) is 2. The van der Waals surface area contributed by atoms with Crippen LogP contribution >= 0.6 is 0 Å². The van der Waals surface area contributed by atoms with Crippen molar-refractivity contribution in [3.05, 3.63) is 0 Å². The van der Waals surface area contributed by atoms with Crippen molar-refractivity contribution < 1.29 is 9.84 Å². The van der Waals surface area contributed by atoms with Crippen molar-refractivity contribution in [3.8, 4) is 0 Å². The van der Waals surface area contributed by atoms with E-state index in [-0.39, 0.29) is 12.0 Å². The predicted molar refractivity (Wildman–Crippen MR) is 32.7 cm³/mol. The topological polar surface area (TPSA) is 32.3 Å². The fraction of sp³-hybridized carbons (Fsp3) is 1.00. The van der Waals surface area contributed by atoms with Crippen LogP contribution in [0.1, 0.15) is 26.7 Å². The number of hydrogen-bond donors (Lipinski definition) is 0. The molecular weight excluding hydrogens is 116 g/mol. The summed E-state index contributed by atoms with van der Waals surface area (Å²) in [4.78, 5) is 0. The highest BCUT2D eigenvalue weighted by molar-refractivity contribution is 4.65. The van der Waals surface area contributed by atoms with Crippen LogP contribution in [0.4, 0.5) is 0 Å². The van der Waals surface area contributed by atoms with Gasteiger partial charge in [0.25, 0.3) is 0 Å². The Hall–Kier alpha value is -0.0800. The first-order valence-electron chi connectivity index (χ1n) is 3.51. The van der Waals surface area contributed by atoms with Crippen LogP contribution in [0.5, 0.6) is 0 Å². The summed E-state index contributed by atoms with van der Waals surface area (Å²) in [6.07, 6.45) is 1.48. The summed E-state index contributed by atoms with van der Waals surface area (Å²) in [6, 6.07) is 0. The van der Waals surface area contributed by atoms with Gasteiger partial charge in [0, 0.05) is 0 Å². The van der Waals surface area contributed by atoms with Crippen LogP contribution in [0.2, 0.25) is 0 Å². The Morgan fingerprint density at radius 3 is 2.44 bits per heavy atom. The summed E-state index contributed by atoms with van der Waals surface area (Å²) in [5, 5.41) is 10.9. The molecule has 1 fully saturated rings. The first kappa shape index (κ1) is 7.03. The molecule has 0 spiro atoms. The van der Waals surface area contributed by atoms with Gasteiger partial charge in [-0.05, 0) is 32.0 Å². The van der Waals surface area contributed by atoms with E-state index in [1.54, 1.807) is 0 Å². The molecule has 0 bridgehead atoms. The zero-order valence-electron chi connectivity index (χ0n) is 5.96. The number of ether oxygens (including phenoxy) is 1. The molecule has 2 nitrogen and oxygen atoms in total. The highest BCUT2D eigenvalue weighted by Gasteiger charge is 2.17. The third kappa shape index (κ3) is 1.66. The maximum absolute atomic E-state index is 10.9. The fourth-order valence-electron chi connectivity index (χ4n) is 1.06. The number of rotatable bonds is 0. The van der Waals surface area contributed by atoms with E-state index in [1.165, 1.54) is 0 Å². The zero-order chi connectivity index (χ0) is 6.85. The lowest BCUT2D eigenvalue weighted by molar-refractivity contribution is -0.516. The standard InChI is InChI=1S/C7H13O2/c1-5-3-4-6(2)9-7(5)8/h5-7H,3-4H2,1-2H3/q-1. The van der Waals surface area contributed by atoms with Crippen molar-refractivity contribution >= 4 is 0 Å². The molecule has 1 rings (SSSR count). The van der Waals surface area contributed by atoms with Gasteiger partial charge in [0.05, 0.1) is 6.10 Å². The van der Waals surface area contributed by atoms with Gasteiger partial charge in [-0.15, -0.1) is 0 Å². The van der Waals surface area contributed by atoms with Crippen molar-refractivity contribution in [1.29, 1.82) is 0 Å². The Morgan fingerprint density at radius 2 is 2.00 bits per heavy atom. The maximum atomic E-state index is 10.9. The van der Waals surface area contributed by atoms with E-state index in [9.17, 15) is 5.11 Å². The Labute approximate surface area is 55.8 Å². The lowest BCUT2D eigenvalue weighted by Gasteiger charge is -2.37. The molecule has 0 aromatic rings. The van der Waals surface area contributed by atoms with Crippen LogP contribution in [0.3, 0.4) is 0 Å². The van der Waals surface area contributed by atoms with Gasteiger partial charge in [-0.1, -0.05) is 6.92 Å². The second kappa shape index (κ2) is 2.67. The molecule has 9 heavy (non-hydrogen) atoms. The minimum atomic E-state index is -0.770. The van der Waals surface area contributed by atoms with E-state index in [4.69, 9.17) is 4.74 Å². The van der Waals surface area contributed by atoms with E-state index in [2.05, 4.69) is 0 Å². The van der Waals surface area contributed by atoms with Crippen molar-refractivity contribution in [1.82, 2.24) is 0 Å². The van der Waals surface area contributed by atoms with Gasteiger partial charge in [-0.3, -0.25) is 0 Å². The van der Waals surface area contributed by atoms with Gasteiger partial charge >= 0.3 is 0 Å². The molecule has 0 aliphatic carbocycles. The maximum Gasteiger partial charge on any atom is 0.0532 e. The summed E-state index contributed by atoms with van der Waals surface area (Å²) >= 11 is 0. The molecule has 0 amide bonds. The average Bonchev–Trinajstić information content (AvgIpc) is 1.80. The summed E-state index contributed by atoms with van der Waals surface area (Å²) in [5.74, 6) is 0.209. The molecule has 0 aromatic heterocycles. The molecule has 54 valence electrons. The highest BCUT2D eigenvalue weighted by atomic mass is 16.6. The molecule has 2 heteroatoms. The fourth-order valence-corrected chi connectivity index (χ4v) is 1.06. The molecule has 3 atom stereocenters. The first-order valence-corrected chi connectivity index (χ1v) is 3.51. The van der Waals surface area contributed by atoms with Gasteiger partial charge < -0.3 is 9.84 Å². The lowest BCUT2D eigenvalue weighted by atomic mass is 10.00. The van der Waals surface area contributed by atoms with Crippen molar-refractivity contribution in [2.75, 3.05) is 0 Å². The SMILES string of the molecule is CC1CCC(C)C([O-])O1. The third-order valence-corrected chi connectivity index (χ3v) is 1.86. The lowest BCUT2D eigenvalue weighted by Crippen LogP contribution is -2.41. The third-order valence-electron chi connectivity index (χ3n) is 1.86. The minimum Gasteiger partial charge on any atom is -0.831 e. The molecule has 0 N–H and O–H groups in total. The molecule has 3 unspecified atom stereocenters. The van der Waals surface area contributed by atoms with Crippen LogP contribution in [-0.2, 0) is 4.74 Å². The summed E-state index contributed by atoms with van der Waals surface area (Å²) in [7, 11) is 0. The van der Waals surface area contributed by atoms with Crippen LogP contribution < -0.4 is 5.11 Å². The van der Waals surface area contributed by atoms with E-state index in [0.29, 0.717) is 0 Å². The van der Waals surface area contributed by atoms with Crippen molar-refractivity contribution in [2.24, 2.45) is 5.92 Å². The van der Waals surface area contributed by atoms with E-state index in [1.807, 2.05) is 13.8 Å². The summed E-state index contributed by atoms with van der Waals surface area (Å²) in [5.41, 5.74) is 0. The Morgan fingerprint density at radius 1 is 1.33 bits per heavy atom. The van der Waals surface area contributed by atoms with E-state index >= 15 is 0 Å². The monoisotopic (exact) mass is 129 g/mol. The zero-order valence-corrected chi connectivity index (χ0v) is 5.96. The summed E-state index contributed by atoms with van der Waals surface area (Å²) in [6.45, 7) is 3.90. The molecular formula is C7H13O2-. The first-order chi connectivity index (χ1) is 4.20. The second-order valence-corrected chi connectivity index (χ2v) is 2.87. The second-order valence-electron chi connectivity index (χ2n) is 2.87. The van der Waals surface area contributed by atoms with Gasteiger partial charge in [0.1, 0.15) is 0 Å². The molecule has 1 aliphatic heterocycles. The smallest absolute Gasteiger partial charge is 0.0532 e. The van der Waals surface area contributed by atoms with Crippen LogP contribution in [-0.4, -0.2) is 12.4 Å². The average molecular weight is 129 g/mol. The largest absolute Gasteiger partial charge is 0.831 e. The minimum absolute atomic E-state index is 0.184. The molecule has 0 radical (unpaired) electrons. The van der Waals surface area contributed by atoms with E-state index in [0.717, 1.165) is 12.8 Å². The Balaban J connectivity index is 2.35. The van der Waals surface area contributed by atoms with Crippen molar-refractivity contribution in [3.63, 3.8) is 0 Å². The van der Waals surface area contributed by atoms with Gasteiger partial charge in [0.15, 0.2) is 0 Å². The van der Waals surface area contributed by atoms with Crippen molar-refractivity contribution in [2.45, 2.75) is 39.1 Å². The van der Waals surface area contributed by atoms with Gasteiger partial charge in [-0.25, -0.2) is 0 Å². The molecule has 0 aromatic carbocycles. The van der Waals surface area contributed by atoms with Crippen LogP contribution in [0, 0.1) is 5.92 Å². The molecule has 1 aliphatic rings. The molecule has 1 saturated heterocycles. The highest BCUT2D eigenvalue weighted by Crippen LogP contribution is 2.20. The van der Waals surface area contributed by atoms with E-state index < -0.39 is 6.29 Å². The molecule has 0 saturated carbocycles. The van der Waals surface area contributed by atoms with Gasteiger partial charge in [0.2, 0.25) is 0 Å².